The van der Waals surface area contributed by atoms with Crippen molar-refractivity contribution in [2.45, 2.75) is 528 Å². The van der Waals surface area contributed by atoms with E-state index < -0.39 is 83.6 Å². The summed E-state index contributed by atoms with van der Waals surface area (Å²) in [6, 6.07) is 0. The molecule has 10 aliphatic heterocycles. The third-order valence-electron chi connectivity index (χ3n) is 25.2. The van der Waals surface area contributed by atoms with E-state index in [1.165, 1.54) is 217 Å². The first kappa shape index (κ1) is 92.0. The van der Waals surface area contributed by atoms with Crippen LogP contribution in [0, 0.1) is 0 Å². The van der Waals surface area contributed by atoms with Gasteiger partial charge in [-0.15, -0.1) is 0 Å². The number of hydrogen-bond acceptors (Lipinski definition) is 12. The van der Waals surface area contributed by atoms with Gasteiger partial charge in [0.05, 0.1) is 0 Å². The van der Waals surface area contributed by atoms with Crippen LogP contribution in [0.1, 0.15) is 391 Å². The van der Waals surface area contributed by atoms with Crippen LogP contribution in [0.2, 0.25) is 63.0 Å². The summed E-state index contributed by atoms with van der Waals surface area (Å²) in [7, 11) is 0. The zero-order valence-electron chi connectivity index (χ0n) is 69.3. The third kappa shape index (κ3) is 31.9. The van der Waals surface area contributed by atoms with Crippen molar-refractivity contribution in [2.24, 2.45) is 0 Å². The Labute approximate surface area is 650 Å². The minimum absolute atomic E-state index is 0.278. The molecule has 102 heavy (non-hydrogen) atoms. The zero-order chi connectivity index (χ0) is 72.8. The summed E-state index contributed by atoms with van der Waals surface area (Å²) in [6.07, 6.45) is 58.4. The molecule has 0 N–H and O–H groups in total. The van der Waals surface area contributed by atoms with E-state index in [1.807, 2.05) is 0 Å². The van der Waals surface area contributed by atoms with Crippen molar-refractivity contribution < 1.29 is 45.2 Å². The third-order valence-corrected chi connectivity index (χ3v) is 72.5. The Morgan fingerprint density at radius 2 is 0.206 bits per heavy atom. The summed E-state index contributed by atoms with van der Waals surface area (Å²) in [5, 5.41) is 14.0. The van der Waals surface area contributed by atoms with Crippen molar-refractivity contribution in [3.8, 4) is 0 Å². The molecule has 600 valence electrons. The van der Waals surface area contributed by atoms with Gasteiger partial charge in [-0.3, -0.25) is 0 Å². The summed E-state index contributed by atoms with van der Waals surface area (Å²) in [4.78, 5) is 0. The number of hydrogen-bond donors (Lipinski definition) is 0. The Morgan fingerprint density at radius 1 is 0.137 bits per heavy atom. The molecule has 0 atom stereocenters. The van der Waals surface area contributed by atoms with Crippen molar-refractivity contribution in [1.29, 1.82) is 0 Å². The average molecular weight is 1810 g/mol. The van der Waals surface area contributed by atoms with Gasteiger partial charge in [-0.1, -0.05) is 0 Å². The first-order valence-corrected chi connectivity index (χ1v) is 73.9. The van der Waals surface area contributed by atoms with Gasteiger partial charge in [0.25, 0.3) is 0 Å². The molecule has 12 bridgehead atoms. The van der Waals surface area contributed by atoms with Crippen molar-refractivity contribution in [2.75, 3.05) is 0 Å². The molecule has 0 spiro atoms. The van der Waals surface area contributed by atoms with Crippen LogP contribution in [0.3, 0.4) is 0 Å². The summed E-state index contributed by atoms with van der Waals surface area (Å²) < 4.78 is 93.4. The summed E-state index contributed by atoms with van der Waals surface area (Å²) >= 11 is -19.4. The van der Waals surface area contributed by atoms with E-state index in [0.717, 1.165) is 154 Å². The SMILES string of the molecule is CCC[CH2][Ge]1([CH2]CCC)[O]C2CCC(CC2)[O][Ge]([CH2]CCC)([CH2]CCC)[O]C2CCC(CC2)[O][Ge]([CH2]CCC)([CH2]CCC)[O]C2CCC(CC2)[O][Ge]([CH2]CCC)([CH2]CCC)[O]C2CCC(CC2)[O][Ge]([CH2]CCC)([CH2]CCC)[O]C2CCC(CC2)[O][Ge]([CH2]CCC)([CH2]CCC)[O]C2CCC(CC2)[O]1. The predicted octanol–water partition coefficient (Wildman–Crippen LogP) is 26.3. The Hall–Kier alpha value is 2.78. The Morgan fingerprint density at radius 3 is 0.265 bits per heavy atom. The van der Waals surface area contributed by atoms with Gasteiger partial charge in [-0.25, -0.2) is 0 Å². The topological polar surface area (TPSA) is 111 Å². The molecular formula is C84H168Ge6O12. The van der Waals surface area contributed by atoms with E-state index in [1.54, 1.807) is 0 Å². The number of unbranched alkanes of at least 4 members (excludes halogenated alkanes) is 12. The fourth-order valence-corrected chi connectivity index (χ4v) is 72.4. The molecule has 0 aromatic carbocycles. The van der Waals surface area contributed by atoms with Crippen molar-refractivity contribution in [1.82, 2.24) is 0 Å². The fourth-order valence-electron chi connectivity index (χ4n) is 18.9. The molecule has 10 heterocycles. The van der Waals surface area contributed by atoms with Crippen molar-refractivity contribution in [3.05, 3.63) is 0 Å². The summed E-state index contributed by atoms with van der Waals surface area (Å²) in [5.41, 5.74) is 0. The predicted molar refractivity (Wildman–Crippen MR) is 440 cm³/mol. The molecule has 16 rings (SSSR count). The van der Waals surface area contributed by atoms with Crippen LogP contribution in [-0.2, 0) is 45.2 Å². The molecule has 0 aromatic heterocycles. The molecule has 16 fully saturated rings. The van der Waals surface area contributed by atoms with Gasteiger partial charge in [0.1, 0.15) is 0 Å². The van der Waals surface area contributed by atoms with Gasteiger partial charge < -0.3 is 0 Å². The monoisotopic (exact) mass is 1810 g/mol. The van der Waals surface area contributed by atoms with Gasteiger partial charge >= 0.3 is 656 Å². The van der Waals surface area contributed by atoms with Crippen LogP contribution in [0.4, 0.5) is 0 Å². The Kier molecular flexibility index (Phi) is 45.9. The van der Waals surface area contributed by atoms with E-state index in [9.17, 15) is 0 Å². The maximum absolute atomic E-state index is 7.79. The van der Waals surface area contributed by atoms with Crippen LogP contribution in [-0.4, -0.2) is 157 Å². The van der Waals surface area contributed by atoms with E-state index in [4.69, 9.17) is 45.2 Å². The van der Waals surface area contributed by atoms with Crippen LogP contribution in [0.25, 0.3) is 0 Å². The first-order chi connectivity index (χ1) is 49.7. The molecule has 0 radical (unpaired) electrons. The standard InChI is InChI=1S/C84H168Ge6O12/c1-13-25-61-85(62-26-14-2)91-73-37-41-75(42-38-73)93-86(63-27-15-3,64-28-16-4)95-77-45-49-79(50-46-77)97-88(67-31-19-7,68-32-20-8)99-81-53-57-83(58-54-81)101-90(71-35-23-11,72-36-24-12)102-84-59-55-82(56-60-84)100-89(69-33-21-9,70-34-22-10)98-80-51-47-78(48-52-80)96-87(65-29-17-5,66-30-18-6)94-76-43-39-74(92-85)40-44-76/h73-84H,13-72H2,1-12H3. The zero-order valence-corrected chi connectivity index (χ0v) is 81.8. The molecule has 0 aromatic rings. The first-order valence-electron chi connectivity index (χ1n) is 45.8. The molecule has 16 aliphatic rings. The van der Waals surface area contributed by atoms with Gasteiger partial charge in [0, 0.05) is 0 Å². The second-order valence-corrected chi connectivity index (χ2v) is 76.0. The van der Waals surface area contributed by atoms with Crippen LogP contribution < -0.4 is 0 Å². The van der Waals surface area contributed by atoms with E-state index in [2.05, 4.69) is 83.1 Å². The molecule has 12 nitrogen and oxygen atoms in total. The molecule has 0 amide bonds. The maximum atomic E-state index is 7.79. The van der Waals surface area contributed by atoms with Crippen LogP contribution in [0.15, 0.2) is 0 Å². The van der Waals surface area contributed by atoms with E-state index in [-0.39, 0.29) is 73.2 Å². The molecule has 6 aliphatic carbocycles. The Bertz CT molecular complexity index is 1570. The average Bonchev–Trinajstić information content (AvgIpc) is 0.820. The van der Waals surface area contributed by atoms with Crippen LogP contribution in [0.5, 0.6) is 0 Å². The van der Waals surface area contributed by atoms with Gasteiger partial charge in [0.15, 0.2) is 0 Å². The van der Waals surface area contributed by atoms with Crippen LogP contribution >= 0.6 is 0 Å². The van der Waals surface area contributed by atoms with E-state index in [0.29, 0.717) is 0 Å². The molecule has 10 saturated heterocycles. The van der Waals surface area contributed by atoms with Gasteiger partial charge in [-0.05, 0) is 0 Å². The second-order valence-electron chi connectivity index (χ2n) is 34.5. The molecule has 0 unspecified atom stereocenters. The van der Waals surface area contributed by atoms with Crippen molar-refractivity contribution in [3.63, 3.8) is 0 Å². The summed E-state index contributed by atoms with van der Waals surface area (Å²) in [6.45, 7) is 28.5. The van der Waals surface area contributed by atoms with Crippen molar-refractivity contribution >= 4 is 83.6 Å². The minimum atomic E-state index is -3.23. The summed E-state index contributed by atoms with van der Waals surface area (Å²) in [5.74, 6) is 0. The van der Waals surface area contributed by atoms with Gasteiger partial charge in [-0.2, -0.15) is 0 Å². The quantitative estimate of drug-likeness (QED) is 0.0557. The normalized spacial score (nSPS) is 31.4. The van der Waals surface area contributed by atoms with E-state index >= 15 is 0 Å². The second kappa shape index (κ2) is 50.9. The molecule has 6 saturated carbocycles. The van der Waals surface area contributed by atoms with Gasteiger partial charge in [0.2, 0.25) is 0 Å². The molecular weight excluding hydrogens is 1640 g/mol. The molecule has 18 heteroatoms. The fraction of sp³-hybridized carbons (Fsp3) is 1.00. The number of rotatable bonds is 36. The Balaban J connectivity index is 1.15.